The molecule has 7 aromatic rings. The Balaban J connectivity index is 1.26. The van der Waals surface area contributed by atoms with Crippen LogP contribution in [0.15, 0.2) is 97.3 Å². The summed E-state index contributed by atoms with van der Waals surface area (Å²) in [4.78, 5) is 26.6. The highest BCUT2D eigenvalue weighted by molar-refractivity contribution is 7.18. The number of nitrogens with one attached hydrogen (secondary N) is 2. The van der Waals surface area contributed by atoms with Gasteiger partial charge in [0.2, 0.25) is 5.95 Å². The van der Waals surface area contributed by atoms with Crippen LogP contribution in [0, 0.1) is 18.6 Å². The largest absolute Gasteiger partial charge is 0.324 e. The van der Waals surface area contributed by atoms with E-state index in [0.717, 1.165) is 44.1 Å². The molecule has 11 heteroatoms. The molecule has 0 aliphatic heterocycles. The summed E-state index contributed by atoms with van der Waals surface area (Å²) in [6.45, 7) is 1.98. The van der Waals surface area contributed by atoms with Crippen molar-refractivity contribution in [2.45, 2.75) is 6.92 Å². The number of nitrogens with zero attached hydrogens (tertiary/aromatic N) is 5. The first-order valence-electron chi connectivity index (χ1n) is 13.2. The van der Waals surface area contributed by atoms with Crippen LogP contribution in [0.2, 0.25) is 0 Å². The third-order valence-electron chi connectivity index (χ3n) is 6.79. The molecule has 0 spiro atoms. The van der Waals surface area contributed by atoms with E-state index in [2.05, 4.69) is 20.6 Å². The minimum atomic E-state index is -0.939. The SMILES string of the molecule is Cc1nc2cc(Nc3nccc(-c4c(-c5cccc(NC(=O)c6c(F)cccc6F)c5)nn5ccccc45)n3)ccc2s1. The Morgan fingerprint density at radius 3 is 2.58 bits per heavy atom. The van der Waals surface area contributed by atoms with Crippen LogP contribution in [-0.4, -0.2) is 30.5 Å². The van der Waals surface area contributed by atoms with Gasteiger partial charge in [0.05, 0.1) is 32.0 Å². The Morgan fingerprint density at radius 1 is 0.884 bits per heavy atom. The number of hydrogen-bond donors (Lipinski definition) is 2. The Bertz CT molecular complexity index is 2150. The maximum absolute atomic E-state index is 14.2. The van der Waals surface area contributed by atoms with Crippen molar-refractivity contribution >= 4 is 50.3 Å². The predicted octanol–water partition coefficient (Wildman–Crippen LogP) is 7.65. The highest BCUT2D eigenvalue weighted by Crippen LogP contribution is 2.36. The molecule has 0 fully saturated rings. The summed E-state index contributed by atoms with van der Waals surface area (Å²) in [5, 5.41) is 11.7. The average molecular weight is 590 g/mol. The van der Waals surface area contributed by atoms with Gasteiger partial charge in [-0.1, -0.05) is 24.3 Å². The minimum absolute atomic E-state index is 0.353. The lowest BCUT2D eigenvalue weighted by molar-refractivity contribution is 0.101. The van der Waals surface area contributed by atoms with E-state index in [0.29, 0.717) is 28.6 Å². The lowest BCUT2D eigenvalue weighted by Gasteiger charge is -2.10. The van der Waals surface area contributed by atoms with Crippen molar-refractivity contribution in [2.24, 2.45) is 0 Å². The Morgan fingerprint density at radius 2 is 1.72 bits per heavy atom. The molecular weight excluding hydrogens is 568 g/mol. The van der Waals surface area contributed by atoms with Crippen molar-refractivity contribution in [2.75, 3.05) is 10.6 Å². The van der Waals surface area contributed by atoms with Crippen LogP contribution in [-0.2, 0) is 0 Å². The van der Waals surface area contributed by atoms with Crippen molar-refractivity contribution in [3.05, 3.63) is 120 Å². The Kier molecular flexibility index (Phi) is 6.55. The number of hydrogen-bond acceptors (Lipinski definition) is 7. The fourth-order valence-electron chi connectivity index (χ4n) is 4.91. The van der Waals surface area contributed by atoms with Gasteiger partial charge in [-0.05, 0) is 67.6 Å². The van der Waals surface area contributed by atoms with Gasteiger partial charge in [0, 0.05) is 29.3 Å². The molecule has 0 atom stereocenters. The van der Waals surface area contributed by atoms with Gasteiger partial charge < -0.3 is 10.6 Å². The molecule has 0 aliphatic rings. The van der Waals surface area contributed by atoms with Crippen LogP contribution >= 0.6 is 11.3 Å². The van der Waals surface area contributed by atoms with E-state index in [1.54, 1.807) is 46.3 Å². The number of aryl methyl sites for hydroxylation is 1. The zero-order chi connectivity index (χ0) is 29.5. The average Bonchev–Trinajstić information content (AvgIpc) is 3.57. The number of carbonyl (C=O) groups excluding carboxylic acids is 1. The molecule has 210 valence electrons. The monoisotopic (exact) mass is 589 g/mol. The van der Waals surface area contributed by atoms with Crippen LogP contribution < -0.4 is 10.6 Å². The highest BCUT2D eigenvalue weighted by Gasteiger charge is 2.20. The molecule has 4 heterocycles. The smallest absolute Gasteiger partial charge is 0.261 e. The zero-order valence-corrected chi connectivity index (χ0v) is 23.4. The van der Waals surface area contributed by atoms with Gasteiger partial charge in [0.15, 0.2) is 0 Å². The maximum atomic E-state index is 14.2. The normalized spacial score (nSPS) is 11.2. The molecule has 1 amide bonds. The highest BCUT2D eigenvalue weighted by atomic mass is 32.1. The van der Waals surface area contributed by atoms with Gasteiger partial charge in [-0.3, -0.25) is 4.79 Å². The standard InChI is InChI=1S/C32H21F2N7OS/c1-18-36-25-17-21(11-12-27(25)43-18)38-32-35-14-13-24(39-32)29-26-10-2-3-15-41(26)40-30(29)19-6-4-7-20(16-19)37-31(42)28-22(33)8-5-9-23(28)34/h2-17H,1H3,(H,37,42)(H,35,38,39). The molecule has 4 aromatic heterocycles. The van der Waals surface area contributed by atoms with Crippen LogP contribution in [0.25, 0.3) is 38.2 Å². The van der Waals surface area contributed by atoms with Crippen molar-refractivity contribution in [3.63, 3.8) is 0 Å². The molecule has 8 nitrogen and oxygen atoms in total. The number of halogens is 2. The number of benzene rings is 3. The fraction of sp³-hybridized carbons (Fsp3) is 0.0312. The molecule has 0 aliphatic carbocycles. The second-order valence-electron chi connectivity index (χ2n) is 9.69. The number of anilines is 3. The summed E-state index contributed by atoms with van der Waals surface area (Å²) in [5.41, 5.74) is 4.87. The molecule has 0 unspecified atom stereocenters. The number of pyridine rings is 1. The number of amides is 1. The molecule has 0 saturated heterocycles. The third-order valence-corrected chi connectivity index (χ3v) is 7.74. The van der Waals surface area contributed by atoms with Gasteiger partial charge in [-0.15, -0.1) is 11.3 Å². The molecule has 43 heavy (non-hydrogen) atoms. The summed E-state index contributed by atoms with van der Waals surface area (Å²) in [7, 11) is 0. The van der Waals surface area contributed by atoms with Crippen molar-refractivity contribution in [1.29, 1.82) is 0 Å². The number of carbonyl (C=O) groups is 1. The van der Waals surface area contributed by atoms with E-state index in [9.17, 15) is 13.6 Å². The van der Waals surface area contributed by atoms with E-state index >= 15 is 0 Å². The van der Waals surface area contributed by atoms with Gasteiger partial charge in [0.1, 0.15) is 22.9 Å². The summed E-state index contributed by atoms with van der Waals surface area (Å²) in [6, 6.07) is 23.7. The molecule has 0 saturated carbocycles. The number of thiazole rings is 1. The third kappa shape index (κ3) is 5.06. The predicted molar refractivity (Wildman–Crippen MR) is 164 cm³/mol. The van der Waals surface area contributed by atoms with E-state index < -0.39 is 23.1 Å². The first kappa shape index (κ1) is 26.4. The Hall–Kier alpha value is -5.55. The Labute approximate surface area is 247 Å². The fourth-order valence-corrected chi connectivity index (χ4v) is 5.72. The topological polar surface area (TPSA) is 97.1 Å². The van der Waals surface area contributed by atoms with Crippen LogP contribution in [0.3, 0.4) is 0 Å². The summed E-state index contributed by atoms with van der Waals surface area (Å²) < 4.78 is 31.3. The summed E-state index contributed by atoms with van der Waals surface area (Å²) in [5.74, 6) is -2.37. The van der Waals surface area contributed by atoms with Crippen LogP contribution in [0.1, 0.15) is 15.4 Å². The summed E-state index contributed by atoms with van der Waals surface area (Å²) >= 11 is 1.64. The zero-order valence-electron chi connectivity index (χ0n) is 22.5. The first-order chi connectivity index (χ1) is 20.9. The molecule has 2 N–H and O–H groups in total. The molecule has 3 aromatic carbocycles. The minimum Gasteiger partial charge on any atom is -0.324 e. The van der Waals surface area contributed by atoms with Gasteiger partial charge in [-0.25, -0.2) is 28.2 Å². The summed E-state index contributed by atoms with van der Waals surface area (Å²) in [6.07, 6.45) is 3.51. The second kappa shape index (κ2) is 10.7. The van der Waals surface area contributed by atoms with Crippen molar-refractivity contribution in [3.8, 4) is 22.5 Å². The molecule has 0 radical (unpaired) electrons. The van der Waals surface area contributed by atoms with E-state index in [1.165, 1.54) is 6.07 Å². The van der Waals surface area contributed by atoms with Crippen LogP contribution in [0.5, 0.6) is 0 Å². The maximum Gasteiger partial charge on any atom is 0.261 e. The van der Waals surface area contributed by atoms with E-state index in [1.807, 2.05) is 55.6 Å². The molecule has 7 rings (SSSR count). The van der Waals surface area contributed by atoms with Crippen LogP contribution in [0.4, 0.5) is 26.1 Å². The number of rotatable bonds is 6. The lowest BCUT2D eigenvalue weighted by Crippen LogP contribution is -2.15. The van der Waals surface area contributed by atoms with E-state index in [4.69, 9.17) is 10.1 Å². The van der Waals surface area contributed by atoms with Gasteiger partial charge in [-0.2, -0.15) is 5.10 Å². The molecular formula is C32H21F2N7OS. The molecule has 0 bridgehead atoms. The van der Waals surface area contributed by atoms with Crippen molar-refractivity contribution in [1.82, 2.24) is 24.6 Å². The quantitative estimate of drug-likeness (QED) is 0.207. The van der Waals surface area contributed by atoms with Gasteiger partial charge >= 0.3 is 0 Å². The number of fused-ring (bicyclic) bond motifs is 2. The number of aromatic nitrogens is 5. The van der Waals surface area contributed by atoms with Crippen molar-refractivity contribution < 1.29 is 13.6 Å². The second-order valence-corrected chi connectivity index (χ2v) is 10.9. The lowest BCUT2D eigenvalue weighted by atomic mass is 10.0. The van der Waals surface area contributed by atoms with E-state index in [-0.39, 0.29) is 0 Å². The first-order valence-corrected chi connectivity index (χ1v) is 14.1. The van der Waals surface area contributed by atoms with Gasteiger partial charge in [0.25, 0.3) is 5.91 Å².